The van der Waals surface area contributed by atoms with Crippen LogP contribution in [0.1, 0.15) is 46.0 Å². The van der Waals surface area contributed by atoms with Gasteiger partial charge in [-0.05, 0) is 43.4 Å². The highest BCUT2D eigenvalue weighted by atomic mass is 16.1. The molecule has 0 aromatic heterocycles. The van der Waals surface area contributed by atoms with Crippen LogP contribution < -0.4 is 0 Å². The molecule has 72 valence electrons. The molecule has 2 fully saturated rings. The molecule has 0 bridgehead atoms. The first-order valence-electron chi connectivity index (χ1n) is 5.17. The fourth-order valence-electron chi connectivity index (χ4n) is 2.73. The smallest absolute Gasteiger partial charge is 0.211 e. The van der Waals surface area contributed by atoms with Crippen LogP contribution in [-0.2, 0) is 4.79 Å². The van der Waals surface area contributed by atoms with Crippen molar-refractivity contribution < 1.29 is 4.79 Å². The lowest BCUT2D eigenvalue weighted by Gasteiger charge is -2.20. The van der Waals surface area contributed by atoms with E-state index in [1.54, 1.807) is 6.08 Å². The molecule has 0 aliphatic heterocycles. The van der Waals surface area contributed by atoms with Gasteiger partial charge in [0.05, 0.1) is 5.54 Å². The van der Waals surface area contributed by atoms with E-state index >= 15 is 0 Å². The second kappa shape index (κ2) is 2.68. The van der Waals surface area contributed by atoms with Crippen molar-refractivity contribution in [1.29, 1.82) is 0 Å². The Morgan fingerprint density at radius 3 is 2.38 bits per heavy atom. The van der Waals surface area contributed by atoms with Crippen LogP contribution in [0.15, 0.2) is 4.99 Å². The minimum absolute atomic E-state index is 0.0372. The Balaban J connectivity index is 2.07. The molecule has 0 amide bonds. The molecule has 2 rings (SSSR count). The third-order valence-corrected chi connectivity index (χ3v) is 3.76. The number of nitrogens with zero attached hydrogens (tertiary/aromatic N) is 1. The van der Waals surface area contributed by atoms with Crippen LogP contribution in [0.5, 0.6) is 0 Å². The molecule has 0 aromatic rings. The molecule has 0 aromatic carbocycles. The van der Waals surface area contributed by atoms with Crippen molar-refractivity contribution in [1.82, 2.24) is 0 Å². The highest BCUT2D eigenvalue weighted by molar-refractivity contribution is 5.37. The summed E-state index contributed by atoms with van der Waals surface area (Å²) in [4.78, 5) is 14.3. The van der Waals surface area contributed by atoms with Crippen molar-refractivity contribution in [2.75, 3.05) is 0 Å². The SMILES string of the molecule is CC1(C)CCC(C2(N=C=O)CC2)C1. The van der Waals surface area contributed by atoms with Gasteiger partial charge < -0.3 is 0 Å². The fraction of sp³-hybridized carbons (Fsp3) is 0.909. The Labute approximate surface area is 79.4 Å². The molecule has 2 heteroatoms. The van der Waals surface area contributed by atoms with E-state index in [4.69, 9.17) is 0 Å². The molecule has 0 heterocycles. The molecule has 2 nitrogen and oxygen atoms in total. The maximum Gasteiger partial charge on any atom is 0.235 e. The van der Waals surface area contributed by atoms with Gasteiger partial charge in [0, 0.05) is 0 Å². The number of aliphatic imine (C=N–C) groups is 1. The van der Waals surface area contributed by atoms with E-state index in [1.807, 2.05) is 0 Å². The van der Waals surface area contributed by atoms with Gasteiger partial charge in [0.2, 0.25) is 6.08 Å². The molecule has 0 saturated heterocycles. The lowest BCUT2D eigenvalue weighted by molar-refractivity contribution is 0.331. The third-order valence-electron chi connectivity index (χ3n) is 3.76. The standard InChI is InChI=1S/C11H17NO/c1-10(2)4-3-9(7-10)11(5-6-11)12-8-13/h9H,3-7H2,1-2H3. The summed E-state index contributed by atoms with van der Waals surface area (Å²) in [5, 5.41) is 0. The number of carbonyl (C=O) groups excluding carboxylic acids is 1. The molecule has 0 spiro atoms. The van der Waals surface area contributed by atoms with Crippen molar-refractivity contribution in [3.63, 3.8) is 0 Å². The van der Waals surface area contributed by atoms with Crippen molar-refractivity contribution in [2.45, 2.75) is 51.5 Å². The normalized spacial score (nSPS) is 33.8. The Morgan fingerprint density at radius 2 is 2.00 bits per heavy atom. The lowest BCUT2D eigenvalue weighted by atomic mass is 9.88. The molecule has 1 atom stereocenters. The summed E-state index contributed by atoms with van der Waals surface area (Å²) in [5.41, 5.74) is 0.508. The minimum atomic E-state index is 0.0372. The average molecular weight is 179 g/mol. The Hall–Kier alpha value is -0.620. The van der Waals surface area contributed by atoms with Crippen LogP contribution in [-0.4, -0.2) is 11.6 Å². The maximum absolute atomic E-state index is 10.3. The van der Waals surface area contributed by atoms with Crippen molar-refractivity contribution >= 4 is 6.08 Å². The Kier molecular flexibility index (Phi) is 1.85. The molecule has 0 radical (unpaired) electrons. The first kappa shape index (κ1) is 8.96. The number of hydrogen-bond donors (Lipinski definition) is 0. The van der Waals surface area contributed by atoms with E-state index in [-0.39, 0.29) is 5.54 Å². The minimum Gasteiger partial charge on any atom is -0.211 e. The largest absolute Gasteiger partial charge is 0.235 e. The predicted octanol–water partition coefficient (Wildman–Crippen LogP) is 2.68. The van der Waals surface area contributed by atoms with Crippen molar-refractivity contribution in [3.8, 4) is 0 Å². The molecular formula is C11H17NO. The molecule has 1 unspecified atom stereocenters. The average Bonchev–Trinajstić information content (AvgIpc) is 2.72. The first-order chi connectivity index (χ1) is 6.08. The fourth-order valence-corrected chi connectivity index (χ4v) is 2.73. The second-order valence-corrected chi connectivity index (χ2v) is 5.41. The van der Waals surface area contributed by atoms with Crippen molar-refractivity contribution in [3.05, 3.63) is 0 Å². The molecule has 2 saturated carbocycles. The van der Waals surface area contributed by atoms with Crippen molar-refractivity contribution in [2.24, 2.45) is 16.3 Å². The summed E-state index contributed by atoms with van der Waals surface area (Å²) in [6.07, 6.45) is 7.75. The van der Waals surface area contributed by atoms with Gasteiger partial charge in [-0.3, -0.25) is 0 Å². The van der Waals surface area contributed by atoms with Crippen LogP contribution in [0.4, 0.5) is 0 Å². The second-order valence-electron chi connectivity index (χ2n) is 5.41. The van der Waals surface area contributed by atoms with E-state index in [2.05, 4.69) is 18.8 Å². The molecular weight excluding hydrogens is 162 g/mol. The highest BCUT2D eigenvalue weighted by Gasteiger charge is 2.53. The van der Waals surface area contributed by atoms with Crippen LogP contribution in [0.25, 0.3) is 0 Å². The van der Waals surface area contributed by atoms with Gasteiger partial charge in [0.15, 0.2) is 0 Å². The van der Waals surface area contributed by atoms with E-state index in [0.29, 0.717) is 11.3 Å². The quantitative estimate of drug-likeness (QED) is 0.473. The van der Waals surface area contributed by atoms with Gasteiger partial charge in [-0.2, -0.15) is 4.99 Å². The maximum atomic E-state index is 10.3. The third kappa shape index (κ3) is 1.55. The number of rotatable bonds is 2. The monoisotopic (exact) mass is 179 g/mol. The van der Waals surface area contributed by atoms with Gasteiger partial charge in [0.1, 0.15) is 0 Å². The summed E-state index contributed by atoms with van der Waals surface area (Å²) >= 11 is 0. The van der Waals surface area contributed by atoms with Crippen LogP contribution in [0.2, 0.25) is 0 Å². The van der Waals surface area contributed by atoms with E-state index in [1.165, 1.54) is 19.3 Å². The van der Waals surface area contributed by atoms with Crippen LogP contribution >= 0.6 is 0 Å². The Morgan fingerprint density at radius 1 is 1.31 bits per heavy atom. The van der Waals surface area contributed by atoms with Crippen LogP contribution in [0, 0.1) is 11.3 Å². The molecule has 13 heavy (non-hydrogen) atoms. The Bertz CT molecular complexity index is 259. The van der Waals surface area contributed by atoms with Gasteiger partial charge in [-0.15, -0.1) is 0 Å². The van der Waals surface area contributed by atoms with Crippen LogP contribution in [0.3, 0.4) is 0 Å². The van der Waals surface area contributed by atoms with Gasteiger partial charge in [0.25, 0.3) is 0 Å². The molecule has 2 aliphatic carbocycles. The zero-order chi connectivity index (χ0) is 9.53. The summed E-state index contributed by atoms with van der Waals surface area (Å²) in [6, 6.07) is 0. The van der Waals surface area contributed by atoms with Gasteiger partial charge >= 0.3 is 0 Å². The summed E-state index contributed by atoms with van der Waals surface area (Å²) in [7, 11) is 0. The zero-order valence-corrected chi connectivity index (χ0v) is 8.47. The zero-order valence-electron chi connectivity index (χ0n) is 8.47. The first-order valence-corrected chi connectivity index (χ1v) is 5.17. The van der Waals surface area contributed by atoms with E-state index in [0.717, 1.165) is 12.8 Å². The highest BCUT2D eigenvalue weighted by Crippen LogP contribution is 2.56. The lowest BCUT2D eigenvalue weighted by Crippen LogP contribution is -2.18. The van der Waals surface area contributed by atoms with E-state index < -0.39 is 0 Å². The summed E-state index contributed by atoms with van der Waals surface area (Å²) < 4.78 is 0. The summed E-state index contributed by atoms with van der Waals surface area (Å²) in [5.74, 6) is 0.656. The molecule has 0 N–H and O–H groups in total. The number of hydrogen-bond acceptors (Lipinski definition) is 2. The summed E-state index contributed by atoms with van der Waals surface area (Å²) in [6.45, 7) is 4.63. The topological polar surface area (TPSA) is 29.4 Å². The van der Waals surface area contributed by atoms with E-state index in [9.17, 15) is 4.79 Å². The number of isocyanates is 1. The predicted molar refractivity (Wildman–Crippen MR) is 51.2 cm³/mol. The van der Waals surface area contributed by atoms with Gasteiger partial charge in [-0.25, -0.2) is 4.79 Å². The molecule has 2 aliphatic rings. The van der Waals surface area contributed by atoms with Gasteiger partial charge in [-0.1, -0.05) is 13.8 Å².